The molecule has 0 radical (unpaired) electrons. The van der Waals surface area contributed by atoms with Crippen molar-refractivity contribution in [1.82, 2.24) is 5.32 Å². The number of hydrogen-bond acceptors (Lipinski definition) is 6. The molecule has 168 valence electrons. The molecule has 0 bridgehead atoms. The molecular formula is C24H24BrNO6. The number of hydrogen-bond donors (Lipinski definition) is 1. The van der Waals surface area contributed by atoms with E-state index in [4.69, 9.17) is 36.5 Å². The molecule has 32 heavy (non-hydrogen) atoms. The average molecular weight is 502 g/mol. The number of ether oxygens (including phenoxy) is 5. The maximum atomic E-state index is 12.5. The van der Waals surface area contributed by atoms with Crippen LogP contribution in [0.2, 0.25) is 0 Å². The number of carbonyl (C=O) groups excluding carboxylic acids is 1. The van der Waals surface area contributed by atoms with Gasteiger partial charge in [-0.25, -0.2) is 0 Å². The fourth-order valence-electron chi connectivity index (χ4n) is 2.48. The highest BCUT2D eigenvalue weighted by atomic mass is 79.9. The van der Waals surface area contributed by atoms with Crippen LogP contribution in [-0.2, 0) is 9.53 Å². The van der Waals surface area contributed by atoms with E-state index < -0.39 is 6.10 Å². The molecule has 7 nitrogen and oxygen atoms in total. The summed E-state index contributed by atoms with van der Waals surface area (Å²) in [5.41, 5.74) is 0. The summed E-state index contributed by atoms with van der Waals surface area (Å²) in [6.07, 6.45) is 9.59. The first kappa shape index (κ1) is 24.9. The lowest BCUT2D eigenvalue weighted by Gasteiger charge is -2.17. The predicted octanol–water partition coefficient (Wildman–Crippen LogP) is 3.06. The van der Waals surface area contributed by atoms with Crippen LogP contribution in [0.5, 0.6) is 23.0 Å². The van der Waals surface area contributed by atoms with Crippen molar-refractivity contribution in [3.05, 3.63) is 46.9 Å². The van der Waals surface area contributed by atoms with Crippen LogP contribution in [0, 0.1) is 24.7 Å². The highest BCUT2D eigenvalue weighted by Gasteiger charge is 2.19. The van der Waals surface area contributed by atoms with Gasteiger partial charge in [0.2, 0.25) is 0 Å². The van der Waals surface area contributed by atoms with Crippen molar-refractivity contribution >= 4 is 21.8 Å². The minimum Gasteiger partial charge on any atom is -0.493 e. The number of halogens is 1. The SMILES string of the molecule is C#CCOc1ccc(OCCNC(=O)C(COc2ccc(Br)cc2)OCC#C)cc1OC. The molecule has 0 aliphatic rings. The van der Waals surface area contributed by atoms with Crippen LogP contribution in [0.1, 0.15) is 0 Å². The predicted molar refractivity (Wildman–Crippen MR) is 124 cm³/mol. The Hall–Kier alpha value is -3.33. The van der Waals surface area contributed by atoms with Crippen LogP contribution in [-0.4, -0.2) is 52.1 Å². The van der Waals surface area contributed by atoms with Gasteiger partial charge in [-0.15, -0.1) is 12.8 Å². The van der Waals surface area contributed by atoms with E-state index in [2.05, 4.69) is 33.1 Å². The molecular weight excluding hydrogens is 478 g/mol. The summed E-state index contributed by atoms with van der Waals surface area (Å²) in [7, 11) is 1.52. The van der Waals surface area contributed by atoms with Crippen molar-refractivity contribution in [2.24, 2.45) is 0 Å². The zero-order chi connectivity index (χ0) is 23.2. The molecule has 1 unspecified atom stereocenters. The van der Waals surface area contributed by atoms with Crippen LogP contribution < -0.4 is 24.3 Å². The summed E-state index contributed by atoms with van der Waals surface area (Å²) >= 11 is 3.36. The van der Waals surface area contributed by atoms with Crippen LogP contribution in [0.15, 0.2) is 46.9 Å². The maximum absolute atomic E-state index is 12.5. The molecule has 0 heterocycles. The smallest absolute Gasteiger partial charge is 0.252 e. The Labute approximate surface area is 196 Å². The molecule has 1 amide bonds. The van der Waals surface area contributed by atoms with Crippen molar-refractivity contribution in [2.45, 2.75) is 6.10 Å². The van der Waals surface area contributed by atoms with E-state index in [1.165, 1.54) is 7.11 Å². The zero-order valence-corrected chi connectivity index (χ0v) is 19.2. The Kier molecular flexibility index (Phi) is 10.8. The lowest BCUT2D eigenvalue weighted by atomic mass is 10.3. The highest BCUT2D eigenvalue weighted by molar-refractivity contribution is 9.10. The van der Waals surface area contributed by atoms with Gasteiger partial charge in [-0.3, -0.25) is 4.79 Å². The average Bonchev–Trinajstić information content (AvgIpc) is 2.81. The number of methoxy groups -OCH3 is 1. The summed E-state index contributed by atoms with van der Waals surface area (Å²) in [6, 6.07) is 12.4. The number of amides is 1. The second-order valence-corrected chi connectivity index (χ2v) is 7.13. The van der Waals surface area contributed by atoms with Gasteiger partial charge in [0, 0.05) is 10.5 Å². The molecule has 1 N–H and O–H groups in total. The summed E-state index contributed by atoms with van der Waals surface area (Å²) in [5.74, 6) is 6.58. The lowest BCUT2D eigenvalue weighted by Crippen LogP contribution is -2.41. The van der Waals surface area contributed by atoms with Crippen LogP contribution in [0.3, 0.4) is 0 Å². The number of nitrogens with one attached hydrogen (secondary N) is 1. The van der Waals surface area contributed by atoms with E-state index in [0.29, 0.717) is 23.0 Å². The first-order chi connectivity index (χ1) is 15.6. The minimum absolute atomic E-state index is 0.00776. The number of rotatable bonds is 13. The van der Waals surface area contributed by atoms with E-state index in [9.17, 15) is 4.79 Å². The van der Waals surface area contributed by atoms with Gasteiger partial charge in [0.25, 0.3) is 5.91 Å². The standard InChI is InChI=1S/C24H24BrNO6/c1-4-13-30-21-11-10-20(16-22(21)28-3)29-15-12-26-24(27)23(31-14-5-2)17-32-19-8-6-18(25)7-9-19/h1-2,6-11,16,23H,12-15,17H2,3H3,(H,26,27). The summed E-state index contributed by atoms with van der Waals surface area (Å²) in [6.45, 7) is 0.634. The van der Waals surface area contributed by atoms with Crippen molar-refractivity contribution < 1.29 is 28.5 Å². The van der Waals surface area contributed by atoms with Crippen molar-refractivity contribution in [1.29, 1.82) is 0 Å². The molecule has 0 saturated heterocycles. The van der Waals surface area contributed by atoms with E-state index in [0.717, 1.165) is 4.47 Å². The summed E-state index contributed by atoms with van der Waals surface area (Å²) in [4.78, 5) is 12.5. The third kappa shape index (κ3) is 8.43. The first-order valence-corrected chi connectivity index (χ1v) is 10.4. The first-order valence-electron chi connectivity index (χ1n) is 9.65. The Balaban J connectivity index is 1.82. The molecule has 2 rings (SSSR count). The Morgan fingerprint density at radius 3 is 2.41 bits per heavy atom. The summed E-state index contributed by atoms with van der Waals surface area (Å²) < 4.78 is 28.3. The molecule has 2 aromatic carbocycles. The maximum Gasteiger partial charge on any atom is 0.252 e. The molecule has 0 aromatic heterocycles. The van der Waals surface area contributed by atoms with E-state index >= 15 is 0 Å². The van der Waals surface area contributed by atoms with Gasteiger partial charge in [0.1, 0.15) is 37.9 Å². The quantitative estimate of drug-likeness (QED) is 0.335. The fraction of sp³-hybridized carbons (Fsp3) is 0.292. The van der Waals surface area contributed by atoms with E-state index in [1.807, 2.05) is 12.1 Å². The Morgan fingerprint density at radius 2 is 1.72 bits per heavy atom. The monoisotopic (exact) mass is 501 g/mol. The topological polar surface area (TPSA) is 75.3 Å². The van der Waals surface area contributed by atoms with Crippen LogP contribution in [0.25, 0.3) is 0 Å². The second kappa shape index (κ2) is 13.9. The molecule has 0 fully saturated rings. The summed E-state index contributed by atoms with van der Waals surface area (Å²) in [5, 5.41) is 2.75. The van der Waals surface area contributed by atoms with Crippen molar-refractivity contribution in [3.63, 3.8) is 0 Å². The molecule has 2 aromatic rings. The van der Waals surface area contributed by atoms with Crippen LogP contribution >= 0.6 is 15.9 Å². The molecule has 0 saturated carbocycles. The van der Waals surface area contributed by atoms with Crippen molar-refractivity contribution in [3.8, 4) is 47.7 Å². The minimum atomic E-state index is -0.859. The third-order valence-corrected chi connectivity index (χ3v) is 4.52. The molecule has 0 spiro atoms. The molecule has 8 heteroatoms. The normalized spacial score (nSPS) is 10.9. The zero-order valence-electron chi connectivity index (χ0n) is 17.6. The Morgan fingerprint density at radius 1 is 1.00 bits per heavy atom. The van der Waals surface area contributed by atoms with E-state index in [-0.39, 0.29) is 38.9 Å². The van der Waals surface area contributed by atoms with Gasteiger partial charge in [-0.05, 0) is 36.4 Å². The number of carbonyl (C=O) groups is 1. The lowest BCUT2D eigenvalue weighted by molar-refractivity contribution is -0.133. The van der Waals surface area contributed by atoms with Gasteiger partial charge < -0.3 is 29.0 Å². The van der Waals surface area contributed by atoms with Gasteiger partial charge in [0.15, 0.2) is 17.6 Å². The van der Waals surface area contributed by atoms with Gasteiger partial charge in [0.05, 0.1) is 13.7 Å². The number of benzene rings is 2. The molecule has 0 aliphatic heterocycles. The fourth-order valence-corrected chi connectivity index (χ4v) is 2.75. The largest absolute Gasteiger partial charge is 0.493 e. The second-order valence-electron chi connectivity index (χ2n) is 6.21. The van der Waals surface area contributed by atoms with Gasteiger partial charge in [-0.2, -0.15) is 0 Å². The van der Waals surface area contributed by atoms with Gasteiger partial charge in [-0.1, -0.05) is 27.8 Å². The van der Waals surface area contributed by atoms with Gasteiger partial charge >= 0.3 is 0 Å². The van der Waals surface area contributed by atoms with E-state index in [1.54, 1.807) is 30.3 Å². The van der Waals surface area contributed by atoms with Crippen molar-refractivity contribution in [2.75, 3.05) is 40.1 Å². The molecule has 1 atom stereocenters. The van der Waals surface area contributed by atoms with Crippen LogP contribution in [0.4, 0.5) is 0 Å². The highest BCUT2D eigenvalue weighted by Crippen LogP contribution is 2.31. The third-order valence-electron chi connectivity index (χ3n) is 3.99. The number of terminal acetylenes is 2. The molecule has 0 aliphatic carbocycles. The Bertz CT molecular complexity index is 948.